The van der Waals surface area contributed by atoms with Gasteiger partial charge in [0.25, 0.3) is 0 Å². The Labute approximate surface area is 138 Å². The molecule has 112 valence electrons. The second-order valence-corrected chi connectivity index (χ2v) is 5.68. The third kappa shape index (κ3) is 3.24. The Kier molecular flexibility index (Phi) is 4.32. The Morgan fingerprint density at radius 2 is 1.82 bits per heavy atom. The molecule has 2 amide bonds. The van der Waals surface area contributed by atoms with Crippen LogP contribution in [0, 0.1) is 0 Å². The summed E-state index contributed by atoms with van der Waals surface area (Å²) in [4.78, 5) is 18.5. The average molecular weight is 334 g/mol. The smallest absolute Gasteiger partial charge is 0.307 e. The number of halogens is 2. The first-order valence-electron chi connectivity index (χ1n) is 6.78. The van der Waals surface area contributed by atoms with Gasteiger partial charge in [0.2, 0.25) is 0 Å². The van der Waals surface area contributed by atoms with Crippen LogP contribution in [-0.2, 0) is 0 Å². The molecule has 0 aliphatic carbocycles. The van der Waals surface area contributed by atoms with Gasteiger partial charge in [-0.25, -0.2) is 4.79 Å². The zero-order chi connectivity index (χ0) is 15.5. The maximum Gasteiger partial charge on any atom is 0.327 e. The number of anilines is 1. The van der Waals surface area contributed by atoms with E-state index in [0.29, 0.717) is 34.7 Å². The fourth-order valence-electron chi connectivity index (χ4n) is 2.28. The fraction of sp³-hybridized carbons (Fsp3) is 0.125. The number of aliphatic imine (C=N–C) groups is 1. The molecule has 0 atom stereocenters. The lowest BCUT2D eigenvalue weighted by Crippen LogP contribution is -2.38. The maximum absolute atomic E-state index is 12.5. The summed E-state index contributed by atoms with van der Waals surface area (Å²) in [5.41, 5.74) is 1.47. The van der Waals surface area contributed by atoms with Crippen LogP contribution >= 0.6 is 23.2 Å². The SMILES string of the molecule is O=C(Nc1cccc(Cl)c1)N1CCN=C1c1cccc(Cl)c1. The van der Waals surface area contributed by atoms with Crippen LogP contribution < -0.4 is 5.32 Å². The topological polar surface area (TPSA) is 44.7 Å². The monoisotopic (exact) mass is 333 g/mol. The Hall–Kier alpha value is -2.04. The van der Waals surface area contributed by atoms with Gasteiger partial charge in [0.1, 0.15) is 5.84 Å². The molecule has 0 saturated heterocycles. The predicted molar refractivity (Wildman–Crippen MR) is 90.0 cm³/mol. The van der Waals surface area contributed by atoms with Crippen LogP contribution in [0.4, 0.5) is 10.5 Å². The highest BCUT2D eigenvalue weighted by Gasteiger charge is 2.25. The van der Waals surface area contributed by atoms with Crippen molar-refractivity contribution in [2.75, 3.05) is 18.4 Å². The van der Waals surface area contributed by atoms with Crippen molar-refractivity contribution >= 4 is 40.8 Å². The zero-order valence-electron chi connectivity index (χ0n) is 11.6. The minimum atomic E-state index is -0.238. The zero-order valence-corrected chi connectivity index (χ0v) is 13.1. The number of nitrogens with one attached hydrogen (secondary N) is 1. The van der Waals surface area contributed by atoms with Crippen molar-refractivity contribution < 1.29 is 4.79 Å². The van der Waals surface area contributed by atoms with E-state index in [0.717, 1.165) is 5.56 Å². The lowest BCUT2D eigenvalue weighted by molar-refractivity contribution is 0.236. The van der Waals surface area contributed by atoms with Crippen LogP contribution in [0.3, 0.4) is 0 Å². The van der Waals surface area contributed by atoms with Crippen LogP contribution in [0.2, 0.25) is 10.0 Å². The van der Waals surface area contributed by atoms with E-state index in [1.807, 2.05) is 12.1 Å². The van der Waals surface area contributed by atoms with Gasteiger partial charge in [0.15, 0.2) is 0 Å². The van der Waals surface area contributed by atoms with Crippen molar-refractivity contribution in [3.63, 3.8) is 0 Å². The average Bonchev–Trinajstić information content (AvgIpc) is 2.97. The molecular formula is C16H13Cl2N3O. The number of amides is 2. The molecule has 0 bridgehead atoms. The summed E-state index contributed by atoms with van der Waals surface area (Å²) < 4.78 is 0. The molecule has 0 unspecified atom stereocenters. The van der Waals surface area contributed by atoms with Crippen LogP contribution in [-0.4, -0.2) is 29.9 Å². The highest BCUT2D eigenvalue weighted by atomic mass is 35.5. The normalized spacial score (nSPS) is 13.9. The third-order valence-electron chi connectivity index (χ3n) is 3.24. The van der Waals surface area contributed by atoms with Crippen LogP contribution in [0.25, 0.3) is 0 Å². The Bertz CT molecular complexity index is 746. The molecule has 0 spiro atoms. The number of benzene rings is 2. The molecule has 0 radical (unpaired) electrons. The van der Waals surface area contributed by atoms with E-state index >= 15 is 0 Å². The number of urea groups is 1. The van der Waals surface area contributed by atoms with Crippen LogP contribution in [0.15, 0.2) is 53.5 Å². The summed E-state index contributed by atoms with van der Waals surface area (Å²) in [7, 11) is 0. The molecule has 4 nitrogen and oxygen atoms in total. The third-order valence-corrected chi connectivity index (χ3v) is 3.71. The highest BCUT2D eigenvalue weighted by Crippen LogP contribution is 2.19. The maximum atomic E-state index is 12.5. The van der Waals surface area contributed by atoms with Gasteiger partial charge in [-0.3, -0.25) is 9.89 Å². The van der Waals surface area contributed by atoms with Gasteiger partial charge in [0, 0.05) is 27.8 Å². The predicted octanol–water partition coefficient (Wildman–Crippen LogP) is 4.29. The second kappa shape index (κ2) is 6.38. The van der Waals surface area contributed by atoms with E-state index < -0.39 is 0 Å². The van der Waals surface area contributed by atoms with E-state index in [-0.39, 0.29) is 6.03 Å². The van der Waals surface area contributed by atoms with E-state index in [1.54, 1.807) is 41.3 Å². The van der Waals surface area contributed by atoms with E-state index in [2.05, 4.69) is 10.3 Å². The second-order valence-electron chi connectivity index (χ2n) is 4.81. The molecule has 1 aliphatic rings. The van der Waals surface area contributed by atoms with Crippen LogP contribution in [0.5, 0.6) is 0 Å². The lowest BCUT2D eigenvalue weighted by atomic mass is 10.2. The minimum absolute atomic E-state index is 0.238. The number of nitrogens with zero attached hydrogens (tertiary/aromatic N) is 2. The molecule has 0 aromatic heterocycles. The van der Waals surface area contributed by atoms with Gasteiger partial charge < -0.3 is 5.32 Å². The van der Waals surface area contributed by atoms with Crippen molar-refractivity contribution in [2.24, 2.45) is 4.99 Å². The van der Waals surface area contributed by atoms with Gasteiger partial charge in [-0.05, 0) is 30.3 Å². The molecule has 1 N–H and O–H groups in total. The largest absolute Gasteiger partial charge is 0.327 e. The summed E-state index contributed by atoms with van der Waals surface area (Å²) in [5, 5.41) is 4.01. The Balaban J connectivity index is 1.79. The molecule has 22 heavy (non-hydrogen) atoms. The molecule has 0 saturated carbocycles. The number of amidine groups is 1. The van der Waals surface area contributed by atoms with E-state index in [1.165, 1.54) is 0 Å². The number of carbonyl (C=O) groups is 1. The van der Waals surface area contributed by atoms with Crippen LogP contribution in [0.1, 0.15) is 5.56 Å². The summed E-state index contributed by atoms with van der Waals surface area (Å²) >= 11 is 11.9. The molecule has 1 aliphatic heterocycles. The summed E-state index contributed by atoms with van der Waals surface area (Å²) in [6.45, 7) is 1.11. The standard InChI is InChI=1S/C16H13Cl2N3O/c17-12-4-1-3-11(9-12)15-19-7-8-21(15)16(22)20-14-6-2-5-13(18)10-14/h1-6,9-10H,7-8H2,(H,20,22). The van der Waals surface area contributed by atoms with Gasteiger partial charge in [0.05, 0.1) is 6.54 Å². The highest BCUT2D eigenvalue weighted by molar-refractivity contribution is 6.31. The first kappa shape index (κ1) is 14.9. The molecule has 3 rings (SSSR count). The molecule has 2 aromatic carbocycles. The molecule has 6 heteroatoms. The van der Waals surface area contributed by atoms with Crippen molar-refractivity contribution in [2.45, 2.75) is 0 Å². The molecular weight excluding hydrogens is 321 g/mol. The number of carbonyl (C=O) groups excluding carboxylic acids is 1. The molecule has 1 heterocycles. The van der Waals surface area contributed by atoms with E-state index in [9.17, 15) is 4.79 Å². The Morgan fingerprint density at radius 3 is 2.55 bits per heavy atom. The number of hydrogen-bond acceptors (Lipinski definition) is 2. The summed E-state index contributed by atoms with van der Waals surface area (Å²) in [5.74, 6) is 0.627. The first-order chi connectivity index (χ1) is 10.6. The van der Waals surface area contributed by atoms with Crippen molar-refractivity contribution in [3.8, 4) is 0 Å². The summed E-state index contributed by atoms with van der Waals surface area (Å²) in [6, 6.07) is 14.1. The van der Waals surface area contributed by atoms with Gasteiger partial charge in [-0.15, -0.1) is 0 Å². The van der Waals surface area contributed by atoms with Crippen molar-refractivity contribution in [1.82, 2.24) is 4.90 Å². The lowest BCUT2D eigenvalue weighted by Gasteiger charge is -2.19. The first-order valence-corrected chi connectivity index (χ1v) is 7.53. The fourth-order valence-corrected chi connectivity index (χ4v) is 2.66. The quantitative estimate of drug-likeness (QED) is 0.875. The van der Waals surface area contributed by atoms with Gasteiger partial charge >= 0.3 is 6.03 Å². The van der Waals surface area contributed by atoms with Gasteiger partial charge in [-0.2, -0.15) is 0 Å². The minimum Gasteiger partial charge on any atom is -0.307 e. The van der Waals surface area contributed by atoms with E-state index in [4.69, 9.17) is 23.2 Å². The Morgan fingerprint density at radius 1 is 1.09 bits per heavy atom. The van der Waals surface area contributed by atoms with Crippen molar-refractivity contribution in [3.05, 3.63) is 64.1 Å². The summed E-state index contributed by atoms with van der Waals surface area (Å²) in [6.07, 6.45) is 0. The van der Waals surface area contributed by atoms with Crippen molar-refractivity contribution in [1.29, 1.82) is 0 Å². The van der Waals surface area contributed by atoms with Gasteiger partial charge in [-0.1, -0.05) is 41.4 Å². The molecule has 0 fully saturated rings. The molecule has 2 aromatic rings. The number of hydrogen-bond donors (Lipinski definition) is 1. The number of rotatable bonds is 2.